The Morgan fingerprint density at radius 1 is 1.28 bits per heavy atom. The van der Waals surface area contributed by atoms with Gasteiger partial charge in [-0.2, -0.15) is 5.10 Å². The normalized spacial score (nSPS) is 25.4. The van der Waals surface area contributed by atoms with Crippen molar-refractivity contribution in [1.82, 2.24) is 19.6 Å². The van der Waals surface area contributed by atoms with Crippen molar-refractivity contribution in [2.75, 3.05) is 39.4 Å². The predicted octanol–water partition coefficient (Wildman–Crippen LogP) is 0.641. The summed E-state index contributed by atoms with van der Waals surface area (Å²) in [5.41, 5.74) is 2.24. The fourth-order valence-electron chi connectivity index (χ4n) is 4.39. The summed E-state index contributed by atoms with van der Waals surface area (Å²) in [7, 11) is 0. The summed E-state index contributed by atoms with van der Waals surface area (Å²) in [4.78, 5) is 16.6. The standard InChI is InChI=1S/C18H26N4O3/c1-2-5-22-16-4-3-13(10-15(16)17(19-22)18(23)24)21-11-14(12-21)20-6-8-25-9-7-20/h2,13-14H,1,3-12H2,(H,23,24)/t13-/m0/s1. The second kappa shape index (κ2) is 6.90. The molecule has 3 aliphatic rings. The lowest BCUT2D eigenvalue weighted by Crippen LogP contribution is -2.64. The molecule has 4 rings (SSSR count). The lowest BCUT2D eigenvalue weighted by atomic mass is 9.88. The van der Waals surface area contributed by atoms with Crippen molar-refractivity contribution < 1.29 is 14.6 Å². The fraction of sp³-hybridized carbons (Fsp3) is 0.667. The molecule has 3 heterocycles. The highest BCUT2D eigenvalue weighted by Crippen LogP contribution is 2.31. The Hall–Kier alpha value is -1.70. The largest absolute Gasteiger partial charge is 0.476 e. The van der Waals surface area contributed by atoms with Gasteiger partial charge in [0.15, 0.2) is 5.69 Å². The third kappa shape index (κ3) is 3.12. The van der Waals surface area contributed by atoms with Crippen LogP contribution in [0.15, 0.2) is 12.7 Å². The number of fused-ring (bicyclic) bond motifs is 1. The molecule has 0 bridgehead atoms. The maximum atomic E-state index is 11.6. The zero-order valence-electron chi connectivity index (χ0n) is 14.6. The number of likely N-dealkylation sites (tertiary alicyclic amines) is 1. The van der Waals surface area contributed by atoms with Gasteiger partial charge in [-0.25, -0.2) is 4.79 Å². The SMILES string of the molecule is C=CCn1nc(C(=O)O)c2c1CC[C@H](N1CC(N3CCOCC3)C1)C2. The highest BCUT2D eigenvalue weighted by molar-refractivity contribution is 5.87. The number of aromatic carboxylic acids is 1. The molecule has 1 aliphatic carbocycles. The van der Waals surface area contributed by atoms with Crippen LogP contribution in [0.2, 0.25) is 0 Å². The highest BCUT2D eigenvalue weighted by atomic mass is 16.5. The summed E-state index contributed by atoms with van der Waals surface area (Å²) >= 11 is 0. The number of ether oxygens (including phenoxy) is 1. The predicted molar refractivity (Wildman–Crippen MR) is 92.9 cm³/mol. The molecule has 1 atom stereocenters. The van der Waals surface area contributed by atoms with Crippen LogP contribution in [0.1, 0.15) is 28.2 Å². The summed E-state index contributed by atoms with van der Waals surface area (Å²) in [6.07, 6.45) is 4.54. The van der Waals surface area contributed by atoms with Crippen LogP contribution in [0, 0.1) is 0 Å². The number of hydrogen-bond acceptors (Lipinski definition) is 5. The second-order valence-electron chi connectivity index (χ2n) is 7.20. The quantitative estimate of drug-likeness (QED) is 0.789. The summed E-state index contributed by atoms with van der Waals surface area (Å²) in [6.45, 7) is 10.2. The van der Waals surface area contributed by atoms with Gasteiger partial charge in [-0.05, 0) is 19.3 Å². The van der Waals surface area contributed by atoms with Crippen molar-refractivity contribution in [3.8, 4) is 0 Å². The Morgan fingerprint density at radius 2 is 2.04 bits per heavy atom. The molecular formula is C18H26N4O3. The first-order valence-corrected chi connectivity index (χ1v) is 9.16. The average molecular weight is 346 g/mol. The van der Waals surface area contributed by atoms with Crippen molar-refractivity contribution in [3.63, 3.8) is 0 Å². The molecule has 7 nitrogen and oxygen atoms in total. The number of nitrogens with zero attached hydrogens (tertiary/aromatic N) is 4. The molecule has 0 radical (unpaired) electrons. The van der Waals surface area contributed by atoms with Crippen LogP contribution in [-0.4, -0.2) is 82.1 Å². The van der Waals surface area contributed by atoms with Crippen LogP contribution in [0.4, 0.5) is 0 Å². The third-order valence-electron chi connectivity index (χ3n) is 5.79. The number of aromatic nitrogens is 2. The molecule has 2 aliphatic heterocycles. The monoisotopic (exact) mass is 346 g/mol. The number of carboxylic acids is 1. The second-order valence-corrected chi connectivity index (χ2v) is 7.20. The summed E-state index contributed by atoms with van der Waals surface area (Å²) in [5, 5.41) is 13.8. The smallest absolute Gasteiger partial charge is 0.356 e. The van der Waals surface area contributed by atoms with E-state index in [1.165, 1.54) is 0 Å². The summed E-state index contributed by atoms with van der Waals surface area (Å²) < 4.78 is 7.25. The van der Waals surface area contributed by atoms with Gasteiger partial charge in [0.25, 0.3) is 0 Å². The van der Waals surface area contributed by atoms with Crippen LogP contribution >= 0.6 is 0 Å². The van der Waals surface area contributed by atoms with Crippen LogP contribution in [0.25, 0.3) is 0 Å². The Balaban J connectivity index is 1.43. The van der Waals surface area contributed by atoms with E-state index in [0.29, 0.717) is 18.6 Å². The Labute approximate surface area is 147 Å². The number of rotatable bonds is 5. The van der Waals surface area contributed by atoms with Crippen molar-refractivity contribution in [2.45, 2.75) is 37.9 Å². The number of allylic oxidation sites excluding steroid dienone is 1. The van der Waals surface area contributed by atoms with Gasteiger partial charge in [0, 0.05) is 49.5 Å². The van der Waals surface area contributed by atoms with Crippen molar-refractivity contribution in [3.05, 3.63) is 29.6 Å². The maximum Gasteiger partial charge on any atom is 0.356 e. The zero-order valence-corrected chi connectivity index (χ0v) is 14.6. The lowest BCUT2D eigenvalue weighted by molar-refractivity contribution is -0.0469. The summed E-state index contributed by atoms with van der Waals surface area (Å²) in [6, 6.07) is 1.07. The minimum absolute atomic E-state index is 0.229. The van der Waals surface area contributed by atoms with E-state index >= 15 is 0 Å². The molecule has 0 unspecified atom stereocenters. The van der Waals surface area contributed by atoms with E-state index in [9.17, 15) is 9.90 Å². The Bertz CT molecular complexity index is 660. The maximum absolute atomic E-state index is 11.6. The number of morpholine rings is 1. The molecule has 0 aromatic carbocycles. The molecule has 1 aromatic heterocycles. The number of carbonyl (C=O) groups is 1. The van der Waals surface area contributed by atoms with Gasteiger partial charge in [-0.3, -0.25) is 14.5 Å². The minimum Gasteiger partial charge on any atom is -0.476 e. The fourth-order valence-corrected chi connectivity index (χ4v) is 4.39. The van der Waals surface area contributed by atoms with Crippen molar-refractivity contribution >= 4 is 5.97 Å². The Kier molecular flexibility index (Phi) is 4.62. The average Bonchev–Trinajstić information content (AvgIpc) is 2.93. The van der Waals surface area contributed by atoms with Gasteiger partial charge in [-0.15, -0.1) is 6.58 Å². The molecule has 136 valence electrons. The van der Waals surface area contributed by atoms with Crippen LogP contribution in [0.3, 0.4) is 0 Å². The van der Waals surface area contributed by atoms with Crippen molar-refractivity contribution in [2.24, 2.45) is 0 Å². The van der Waals surface area contributed by atoms with E-state index in [4.69, 9.17) is 4.74 Å². The van der Waals surface area contributed by atoms with E-state index in [1.54, 1.807) is 6.08 Å². The first-order valence-electron chi connectivity index (χ1n) is 9.16. The van der Waals surface area contributed by atoms with E-state index in [2.05, 4.69) is 21.5 Å². The molecule has 1 N–H and O–H groups in total. The molecule has 0 saturated carbocycles. The van der Waals surface area contributed by atoms with Gasteiger partial charge in [0.05, 0.1) is 19.8 Å². The highest BCUT2D eigenvalue weighted by Gasteiger charge is 2.39. The van der Waals surface area contributed by atoms with Crippen LogP contribution in [-0.2, 0) is 24.1 Å². The van der Waals surface area contributed by atoms with Gasteiger partial charge < -0.3 is 9.84 Å². The number of hydrogen-bond donors (Lipinski definition) is 1. The Morgan fingerprint density at radius 3 is 2.72 bits per heavy atom. The van der Waals surface area contributed by atoms with E-state index in [-0.39, 0.29) is 5.69 Å². The lowest BCUT2D eigenvalue weighted by Gasteiger charge is -2.50. The minimum atomic E-state index is -0.922. The van der Waals surface area contributed by atoms with E-state index in [1.807, 2.05) is 4.68 Å². The third-order valence-corrected chi connectivity index (χ3v) is 5.79. The van der Waals surface area contributed by atoms with Crippen LogP contribution in [0.5, 0.6) is 0 Å². The number of carboxylic acid groups (broad SMARTS) is 1. The molecule has 2 saturated heterocycles. The van der Waals surface area contributed by atoms with E-state index < -0.39 is 5.97 Å². The topological polar surface area (TPSA) is 70.8 Å². The molecule has 1 aromatic rings. The van der Waals surface area contributed by atoms with Gasteiger partial charge in [0.1, 0.15) is 0 Å². The van der Waals surface area contributed by atoms with Gasteiger partial charge in [-0.1, -0.05) is 6.08 Å². The molecule has 0 amide bonds. The van der Waals surface area contributed by atoms with E-state index in [0.717, 1.165) is 69.9 Å². The molecule has 2 fully saturated rings. The molecule has 25 heavy (non-hydrogen) atoms. The molecular weight excluding hydrogens is 320 g/mol. The first kappa shape index (κ1) is 16.8. The first-order chi connectivity index (χ1) is 12.2. The molecule has 0 spiro atoms. The zero-order chi connectivity index (χ0) is 17.4. The van der Waals surface area contributed by atoms with Crippen LogP contribution < -0.4 is 0 Å². The van der Waals surface area contributed by atoms with Crippen molar-refractivity contribution in [1.29, 1.82) is 0 Å². The summed E-state index contributed by atoms with van der Waals surface area (Å²) in [5.74, 6) is -0.922. The van der Waals surface area contributed by atoms with Gasteiger partial charge >= 0.3 is 5.97 Å². The van der Waals surface area contributed by atoms with Gasteiger partial charge in [0.2, 0.25) is 0 Å². The molecule has 7 heteroatoms.